The maximum absolute atomic E-state index is 12.3. The highest BCUT2D eigenvalue weighted by Crippen LogP contribution is 2.20. The third kappa shape index (κ3) is 4.76. The van der Waals surface area contributed by atoms with Crippen LogP contribution < -0.4 is 10.2 Å². The lowest BCUT2D eigenvalue weighted by atomic mass is 10.1. The molecule has 3 rings (SSSR count). The third-order valence-corrected chi connectivity index (χ3v) is 4.71. The molecule has 0 bridgehead atoms. The van der Waals surface area contributed by atoms with Crippen LogP contribution in [0.15, 0.2) is 54.6 Å². The van der Waals surface area contributed by atoms with Gasteiger partial charge in [0.25, 0.3) is 0 Å². The highest BCUT2D eigenvalue weighted by atomic mass is 35.5. The van der Waals surface area contributed by atoms with E-state index in [0.29, 0.717) is 44.2 Å². The molecule has 1 N–H and O–H groups in total. The summed E-state index contributed by atoms with van der Waals surface area (Å²) in [4.78, 5) is 28.2. The zero-order chi connectivity index (χ0) is 18.4. The van der Waals surface area contributed by atoms with Gasteiger partial charge in [-0.05, 0) is 30.2 Å². The fourth-order valence-corrected chi connectivity index (χ4v) is 3.21. The van der Waals surface area contributed by atoms with Crippen molar-refractivity contribution in [1.82, 2.24) is 10.2 Å². The Labute approximate surface area is 158 Å². The summed E-state index contributed by atoms with van der Waals surface area (Å²) in [5, 5.41) is 3.41. The molecular weight excluding hydrogens is 350 g/mol. The first-order valence-corrected chi connectivity index (χ1v) is 9.13. The van der Waals surface area contributed by atoms with Crippen LogP contribution in [0.3, 0.4) is 0 Å². The predicted molar refractivity (Wildman–Crippen MR) is 103 cm³/mol. The largest absolute Gasteiger partial charge is 0.368 e. The number of nitrogens with zero attached hydrogens (tertiary/aromatic N) is 2. The van der Waals surface area contributed by atoms with Gasteiger partial charge in [-0.25, -0.2) is 0 Å². The van der Waals surface area contributed by atoms with Crippen molar-refractivity contribution in [1.29, 1.82) is 0 Å². The Morgan fingerprint density at radius 2 is 1.69 bits per heavy atom. The normalized spacial score (nSPS) is 14.2. The van der Waals surface area contributed by atoms with Crippen LogP contribution in [0.25, 0.3) is 0 Å². The Morgan fingerprint density at radius 1 is 0.962 bits per heavy atom. The molecule has 0 aliphatic carbocycles. The van der Waals surface area contributed by atoms with Crippen molar-refractivity contribution >= 4 is 29.1 Å². The quantitative estimate of drug-likeness (QED) is 0.839. The highest BCUT2D eigenvalue weighted by molar-refractivity contribution is 6.35. The molecule has 2 aromatic carbocycles. The van der Waals surface area contributed by atoms with Crippen molar-refractivity contribution in [3.8, 4) is 0 Å². The van der Waals surface area contributed by atoms with E-state index in [1.807, 2.05) is 54.6 Å². The lowest BCUT2D eigenvalue weighted by Gasteiger charge is -2.35. The Hall–Kier alpha value is -2.53. The highest BCUT2D eigenvalue weighted by Gasteiger charge is 2.25. The average Bonchev–Trinajstić information content (AvgIpc) is 2.68. The summed E-state index contributed by atoms with van der Waals surface area (Å²) < 4.78 is 0. The fourth-order valence-electron chi connectivity index (χ4n) is 3.02. The minimum atomic E-state index is -0.530. The molecule has 0 spiro atoms. The number of piperazine rings is 1. The number of rotatable bonds is 4. The number of hydrogen-bond donors (Lipinski definition) is 1. The molecule has 2 aromatic rings. The lowest BCUT2D eigenvalue weighted by molar-refractivity contribution is -0.146. The van der Waals surface area contributed by atoms with Crippen LogP contribution in [0.2, 0.25) is 5.02 Å². The molecule has 26 heavy (non-hydrogen) atoms. The molecule has 0 aromatic heterocycles. The van der Waals surface area contributed by atoms with Crippen molar-refractivity contribution in [2.75, 3.05) is 37.6 Å². The smallest absolute Gasteiger partial charge is 0.312 e. The predicted octanol–water partition coefficient (Wildman–Crippen LogP) is 2.35. The van der Waals surface area contributed by atoms with Gasteiger partial charge >= 0.3 is 11.8 Å². The van der Waals surface area contributed by atoms with Gasteiger partial charge in [0.1, 0.15) is 0 Å². The van der Waals surface area contributed by atoms with E-state index in [1.54, 1.807) is 4.90 Å². The standard InChI is InChI=1S/C20H22ClN3O2/c21-17-7-4-8-18(15-17)23-11-13-24(14-12-23)20(26)19(25)22-10-9-16-5-2-1-3-6-16/h1-8,15H,9-14H2,(H,22,25). The molecule has 136 valence electrons. The summed E-state index contributed by atoms with van der Waals surface area (Å²) in [6.07, 6.45) is 0.711. The second-order valence-corrected chi connectivity index (χ2v) is 6.69. The number of halogens is 1. The van der Waals surface area contributed by atoms with Gasteiger partial charge in [0.2, 0.25) is 0 Å². The number of anilines is 1. The van der Waals surface area contributed by atoms with E-state index < -0.39 is 11.8 Å². The van der Waals surface area contributed by atoms with E-state index in [-0.39, 0.29) is 0 Å². The van der Waals surface area contributed by atoms with E-state index in [1.165, 1.54) is 0 Å². The molecule has 2 amide bonds. The van der Waals surface area contributed by atoms with Crippen molar-refractivity contribution in [2.24, 2.45) is 0 Å². The number of hydrogen-bond acceptors (Lipinski definition) is 3. The van der Waals surface area contributed by atoms with Crippen molar-refractivity contribution < 1.29 is 9.59 Å². The van der Waals surface area contributed by atoms with Crippen LogP contribution in [0.5, 0.6) is 0 Å². The van der Waals surface area contributed by atoms with E-state index in [9.17, 15) is 9.59 Å². The van der Waals surface area contributed by atoms with E-state index in [2.05, 4.69) is 10.2 Å². The maximum atomic E-state index is 12.3. The molecule has 1 saturated heterocycles. The molecule has 1 aliphatic heterocycles. The summed E-state index contributed by atoms with van der Waals surface area (Å²) in [5.41, 5.74) is 2.17. The second kappa shape index (κ2) is 8.72. The Bertz CT molecular complexity index is 759. The molecule has 5 nitrogen and oxygen atoms in total. The number of carbonyl (C=O) groups excluding carboxylic acids is 2. The van der Waals surface area contributed by atoms with Crippen LogP contribution in [-0.4, -0.2) is 49.4 Å². The van der Waals surface area contributed by atoms with E-state index in [0.717, 1.165) is 11.3 Å². The lowest BCUT2D eigenvalue weighted by Crippen LogP contribution is -2.52. The Balaban J connectivity index is 1.44. The van der Waals surface area contributed by atoms with Gasteiger partial charge in [0, 0.05) is 43.4 Å². The minimum absolute atomic E-state index is 0.455. The van der Waals surface area contributed by atoms with Crippen LogP contribution >= 0.6 is 11.6 Å². The molecule has 0 unspecified atom stereocenters. The first-order valence-electron chi connectivity index (χ1n) is 8.75. The third-order valence-electron chi connectivity index (χ3n) is 4.48. The van der Waals surface area contributed by atoms with Crippen LogP contribution in [0, 0.1) is 0 Å². The van der Waals surface area contributed by atoms with Crippen LogP contribution in [-0.2, 0) is 16.0 Å². The van der Waals surface area contributed by atoms with Gasteiger partial charge in [0.15, 0.2) is 0 Å². The van der Waals surface area contributed by atoms with Gasteiger partial charge in [-0.15, -0.1) is 0 Å². The van der Waals surface area contributed by atoms with Gasteiger partial charge < -0.3 is 15.1 Å². The van der Waals surface area contributed by atoms with E-state index >= 15 is 0 Å². The number of nitrogens with one attached hydrogen (secondary N) is 1. The summed E-state index contributed by atoms with van der Waals surface area (Å²) in [5.74, 6) is -0.985. The zero-order valence-electron chi connectivity index (χ0n) is 14.5. The number of benzene rings is 2. The van der Waals surface area contributed by atoms with Crippen molar-refractivity contribution in [3.05, 3.63) is 65.2 Å². The molecule has 1 heterocycles. The topological polar surface area (TPSA) is 52.7 Å². The first-order chi connectivity index (χ1) is 12.6. The van der Waals surface area contributed by atoms with Crippen molar-refractivity contribution in [3.63, 3.8) is 0 Å². The first kappa shape index (κ1) is 18.3. The van der Waals surface area contributed by atoms with Crippen LogP contribution in [0.1, 0.15) is 5.56 Å². The fraction of sp³-hybridized carbons (Fsp3) is 0.300. The number of amides is 2. The van der Waals surface area contributed by atoms with Crippen molar-refractivity contribution in [2.45, 2.75) is 6.42 Å². The molecule has 1 aliphatic rings. The molecular formula is C20H22ClN3O2. The summed E-state index contributed by atoms with van der Waals surface area (Å²) in [6, 6.07) is 17.5. The van der Waals surface area contributed by atoms with Gasteiger partial charge in [0.05, 0.1) is 0 Å². The monoisotopic (exact) mass is 371 g/mol. The SMILES string of the molecule is O=C(NCCc1ccccc1)C(=O)N1CCN(c2cccc(Cl)c2)CC1. The summed E-state index contributed by atoms with van der Waals surface area (Å²) in [7, 11) is 0. The maximum Gasteiger partial charge on any atom is 0.312 e. The molecule has 6 heteroatoms. The van der Waals surface area contributed by atoms with Gasteiger partial charge in [-0.2, -0.15) is 0 Å². The molecule has 0 atom stereocenters. The van der Waals surface area contributed by atoms with Gasteiger partial charge in [-0.3, -0.25) is 9.59 Å². The van der Waals surface area contributed by atoms with Gasteiger partial charge in [-0.1, -0.05) is 48.0 Å². The minimum Gasteiger partial charge on any atom is -0.368 e. The molecule has 0 radical (unpaired) electrons. The Morgan fingerprint density at radius 3 is 2.38 bits per heavy atom. The second-order valence-electron chi connectivity index (χ2n) is 6.25. The summed E-state index contributed by atoms with van der Waals surface area (Å²) in [6.45, 7) is 2.87. The number of carbonyl (C=O) groups is 2. The molecule has 1 fully saturated rings. The zero-order valence-corrected chi connectivity index (χ0v) is 15.3. The Kier molecular flexibility index (Phi) is 6.12. The van der Waals surface area contributed by atoms with Crippen LogP contribution in [0.4, 0.5) is 5.69 Å². The summed E-state index contributed by atoms with van der Waals surface area (Å²) >= 11 is 6.03. The average molecular weight is 372 g/mol. The molecule has 0 saturated carbocycles. The van der Waals surface area contributed by atoms with E-state index in [4.69, 9.17) is 11.6 Å².